The molecule has 4 heteroatoms. The summed E-state index contributed by atoms with van der Waals surface area (Å²) in [5.74, 6) is 0. The van der Waals surface area contributed by atoms with Crippen LogP contribution in [0.1, 0.15) is 11.1 Å². The van der Waals surface area contributed by atoms with E-state index < -0.39 is 0 Å². The molecule has 1 heterocycles. The third-order valence-electron chi connectivity index (χ3n) is 3.25. The van der Waals surface area contributed by atoms with Gasteiger partial charge in [0.1, 0.15) is 5.58 Å². The molecule has 1 aromatic heterocycles. The Bertz CT molecular complexity index is 812. The predicted molar refractivity (Wildman–Crippen MR) is 87.2 cm³/mol. The van der Waals surface area contributed by atoms with E-state index in [1.165, 1.54) is 5.56 Å². The van der Waals surface area contributed by atoms with Crippen LogP contribution >= 0.6 is 15.9 Å². The van der Waals surface area contributed by atoms with Gasteiger partial charge in [-0.3, -0.25) is 0 Å². The number of hydrogen-bond donors (Lipinski definition) is 1. The zero-order valence-corrected chi connectivity index (χ0v) is 12.9. The topological polar surface area (TPSA) is 42.2 Å². The maximum Gasteiger partial charge on any atom is 0.340 e. The Kier molecular flexibility index (Phi) is 4.18. The highest BCUT2D eigenvalue weighted by molar-refractivity contribution is 9.10. The van der Waals surface area contributed by atoms with Gasteiger partial charge in [-0.1, -0.05) is 46.3 Å². The Morgan fingerprint density at radius 3 is 2.62 bits per heavy atom. The van der Waals surface area contributed by atoms with Crippen molar-refractivity contribution in [2.45, 2.75) is 13.1 Å². The lowest BCUT2D eigenvalue weighted by Gasteiger charge is -2.05. The quantitative estimate of drug-likeness (QED) is 0.731. The first-order valence-corrected chi connectivity index (χ1v) is 7.48. The summed E-state index contributed by atoms with van der Waals surface area (Å²) in [6.45, 7) is 1.20. The van der Waals surface area contributed by atoms with Crippen molar-refractivity contribution in [3.05, 3.63) is 80.6 Å². The molecule has 0 aliphatic rings. The van der Waals surface area contributed by atoms with Gasteiger partial charge in [0.2, 0.25) is 0 Å². The first-order valence-electron chi connectivity index (χ1n) is 6.69. The van der Waals surface area contributed by atoms with Crippen LogP contribution in [0.25, 0.3) is 11.0 Å². The fourth-order valence-electron chi connectivity index (χ4n) is 2.20. The van der Waals surface area contributed by atoms with E-state index in [4.69, 9.17) is 4.42 Å². The SMILES string of the molecule is O=c1oc2ccc(Br)cc2cc1CNCc1ccccc1. The van der Waals surface area contributed by atoms with E-state index in [-0.39, 0.29) is 5.63 Å². The lowest BCUT2D eigenvalue weighted by Crippen LogP contribution is -2.18. The van der Waals surface area contributed by atoms with Gasteiger partial charge < -0.3 is 9.73 Å². The van der Waals surface area contributed by atoms with Crippen LogP contribution in [0.3, 0.4) is 0 Å². The summed E-state index contributed by atoms with van der Waals surface area (Å²) in [6.07, 6.45) is 0. The number of fused-ring (bicyclic) bond motifs is 1. The Morgan fingerprint density at radius 1 is 1.00 bits per heavy atom. The highest BCUT2D eigenvalue weighted by Crippen LogP contribution is 2.19. The molecule has 3 aromatic rings. The number of rotatable bonds is 4. The Hall–Kier alpha value is -1.91. The van der Waals surface area contributed by atoms with Crippen LogP contribution in [-0.4, -0.2) is 0 Å². The summed E-state index contributed by atoms with van der Waals surface area (Å²) in [6, 6.07) is 17.6. The monoisotopic (exact) mass is 343 g/mol. The molecule has 0 radical (unpaired) electrons. The highest BCUT2D eigenvalue weighted by atomic mass is 79.9. The van der Waals surface area contributed by atoms with Crippen molar-refractivity contribution in [3.63, 3.8) is 0 Å². The van der Waals surface area contributed by atoms with Gasteiger partial charge in [0.15, 0.2) is 0 Å². The fourth-order valence-corrected chi connectivity index (χ4v) is 2.58. The summed E-state index contributed by atoms with van der Waals surface area (Å²) in [5, 5.41) is 4.18. The first-order chi connectivity index (χ1) is 10.2. The maximum absolute atomic E-state index is 11.9. The molecule has 0 amide bonds. The molecule has 0 unspecified atom stereocenters. The van der Waals surface area contributed by atoms with Crippen LogP contribution in [0.15, 0.2) is 68.3 Å². The van der Waals surface area contributed by atoms with Crippen LogP contribution in [0.4, 0.5) is 0 Å². The molecule has 0 bridgehead atoms. The van der Waals surface area contributed by atoms with Gasteiger partial charge in [0.05, 0.1) is 5.56 Å². The first kappa shape index (κ1) is 14.0. The van der Waals surface area contributed by atoms with E-state index in [9.17, 15) is 4.79 Å². The number of nitrogens with one attached hydrogen (secondary N) is 1. The van der Waals surface area contributed by atoms with E-state index in [0.29, 0.717) is 17.7 Å². The minimum Gasteiger partial charge on any atom is -0.422 e. The third-order valence-corrected chi connectivity index (χ3v) is 3.75. The van der Waals surface area contributed by atoms with Crippen LogP contribution in [0, 0.1) is 0 Å². The molecule has 0 fully saturated rings. The molecule has 106 valence electrons. The number of hydrogen-bond acceptors (Lipinski definition) is 3. The molecule has 2 aromatic carbocycles. The zero-order valence-electron chi connectivity index (χ0n) is 11.3. The Balaban J connectivity index is 1.77. The lowest BCUT2D eigenvalue weighted by atomic mass is 10.2. The summed E-state index contributed by atoms with van der Waals surface area (Å²) in [7, 11) is 0. The van der Waals surface area contributed by atoms with E-state index >= 15 is 0 Å². The van der Waals surface area contributed by atoms with E-state index in [1.807, 2.05) is 48.5 Å². The van der Waals surface area contributed by atoms with E-state index in [0.717, 1.165) is 16.4 Å². The van der Waals surface area contributed by atoms with Gasteiger partial charge in [0.25, 0.3) is 0 Å². The molecule has 0 aliphatic heterocycles. The second-order valence-electron chi connectivity index (χ2n) is 4.83. The van der Waals surface area contributed by atoms with Gasteiger partial charge in [0, 0.05) is 22.9 Å². The molecular formula is C17H14BrNO2. The second kappa shape index (κ2) is 6.24. The summed E-state index contributed by atoms with van der Waals surface area (Å²) in [5.41, 5.74) is 2.14. The average Bonchev–Trinajstić information content (AvgIpc) is 2.49. The lowest BCUT2D eigenvalue weighted by molar-refractivity contribution is 0.541. The number of halogens is 1. The van der Waals surface area contributed by atoms with Crippen LogP contribution in [-0.2, 0) is 13.1 Å². The van der Waals surface area contributed by atoms with Crippen molar-refractivity contribution < 1.29 is 4.42 Å². The van der Waals surface area contributed by atoms with Crippen molar-refractivity contribution in [2.75, 3.05) is 0 Å². The predicted octanol–water partition coefficient (Wildman–Crippen LogP) is 3.85. The van der Waals surface area contributed by atoms with Gasteiger partial charge >= 0.3 is 5.63 Å². The van der Waals surface area contributed by atoms with E-state index in [2.05, 4.69) is 21.2 Å². The highest BCUT2D eigenvalue weighted by Gasteiger charge is 2.05. The van der Waals surface area contributed by atoms with Crippen molar-refractivity contribution in [1.29, 1.82) is 0 Å². The summed E-state index contributed by atoms with van der Waals surface area (Å²) < 4.78 is 6.30. The van der Waals surface area contributed by atoms with Crippen molar-refractivity contribution in [1.82, 2.24) is 5.32 Å². The van der Waals surface area contributed by atoms with Crippen molar-refractivity contribution in [2.24, 2.45) is 0 Å². The van der Waals surface area contributed by atoms with Crippen LogP contribution in [0.5, 0.6) is 0 Å². The Labute approximate surface area is 130 Å². The van der Waals surface area contributed by atoms with Crippen molar-refractivity contribution >= 4 is 26.9 Å². The largest absolute Gasteiger partial charge is 0.422 e. The molecule has 0 saturated heterocycles. The molecule has 21 heavy (non-hydrogen) atoms. The fraction of sp³-hybridized carbons (Fsp3) is 0.118. The molecule has 1 N–H and O–H groups in total. The minimum atomic E-state index is -0.287. The van der Waals surface area contributed by atoms with Gasteiger partial charge in [-0.25, -0.2) is 4.79 Å². The molecule has 3 rings (SSSR count). The normalized spacial score (nSPS) is 10.9. The average molecular weight is 344 g/mol. The molecule has 3 nitrogen and oxygen atoms in total. The second-order valence-corrected chi connectivity index (χ2v) is 5.75. The maximum atomic E-state index is 11.9. The third kappa shape index (κ3) is 3.40. The van der Waals surface area contributed by atoms with Gasteiger partial charge in [-0.05, 0) is 29.8 Å². The van der Waals surface area contributed by atoms with Gasteiger partial charge in [-0.15, -0.1) is 0 Å². The molecule has 0 saturated carbocycles. The van der Waals surface area contributed by atoms with Crippen LogP contribution < -0.4 is 10.9 Å². The minimum absolute atomic E-state index is 0.287. The number of benzene rings is 2. The standard InChI is InChI=1S/C17H14BrNO2/c18-15-6-7-16-13(9-15)8-14(17(20)21-16)11-19-10-12-4-2-1-3-5-12/h1-9,19H,10-11H2. The molecule has 0 aliphatic carbocycles. The van der Waals surface area contributed by atoms with E-state index in [1.54, 1.807) is 6.07 Å². The molecule has 0 atom stereocenters. The summed E-state index contributed by atoms with van der Waals surface area (Å²) in [4.78, 5) is 11.9. The van der Waals surface area contributed by atoms with Crippen LogP contribution in [0.2, 0.25) is 0 Å². The summed E-state index contributed by atoms with van der Waals surface area (Å²) >= 11 is 3.42. The van der Waals surface area contributed by atoms with Gasteiger partial charge in [-0.2, -0.15) is 0 Å². The van der Waals surface area contributed by atoms with Crippen molar-refractivity contribution in [3.8, 4) is 0 Å². The zero-order chi connectivity index (χ0) is 14.7. The molecule has 0 spiro atoms. The smallest absolute Gasteiger partial charge is 0.340 e. The Morgan fingerprint density at radius 2 is 1.81 bits per heavy atom. The molecular weight excluding hydrogens is 330 g/mol.